The molecule has 1 aromatic heterocycles. The SMILES string of the molecule is c1ccc(-c2ccccc2-c2nc(-c3cccc(-c4ccc5ccccc5c4)c3)nc(-c3ccc(-c4c5ccccc5cc5c4ccc4ccccc45)c4ccccc34)n2)cc1. The highest BCUT2D eigenvalue weighted by molar-refractivity contribution is 6.23. The van der Waals surface area contributed by atoms with Crippen molar-refractivity contribution >= 4 is 53.9 Å². The Balaban J connectivity index is 1.09. The molecule has 3 nitrogen and oxygen atoms in total. The minimum absolute atomic E-state index is 0.621. The van der Waals surface area contributed by atoms with Gasteiger partial charge in [0.25, 0.3) is 0 Å². The molecule has 62 heavy (non-hydrogen) atoms. The molecule has 0 saturated heterocycles. The molecule has 0 amide bonds. The molecule has 11 aromatic carbocycles. The van der Waals surface area contributed by atoms with Crippen molar-refractivity contribution in [1.82, 2.24) is 15.0 Å². The van der Waals surface area contributed by atoms with Gasteiger partial charge in [-0.05, 0) is 112 Å². The molecule has 1 heterocycles. The fraction of sp³-hybridized carbons (Fsp3) is 0. The normalized spacial score (nSPS) is 11.5. The van der Waals surface area contributed by atoms with Gasteiger partial charge in [0.15, 0.2) is 17.5 Å². The molecule has 0 aliphatic rings. The van der Waals surface area contributed by atoms with E-state index in [4.69, 9.17) is 15.0 Å². The number of hydrogen-bond donors (Lipinski definition) is 0. The second-order valence-corrected chi connectivity index (χ2v) is 15.9. The third kappa shape index (κ3) is 6.10. The fourth-order valence-electron chi connectivity index (χ4n) is 9.32. The first-order valence-corrected chi connectivity index (χ1v) is 21.1. The van der Waals surface area contributed by atoms with Crippen molar-refractivity contribution in [3.05, 3.63) is 224 Å². The van der Waals surface area contributed by atoms with Crippen LogP contribution in [0.25, 0.3) is 121 Å². The standard InChI is InChI=1S/C59H37N3/c1-2-16-39(17-3-1)46-23-10-13-28-53(46)58-60-57(45-22-14-21-42(36-45)43-30-29-38-15-4-5-19-41(38)35-43)61-59(62-58)54-34-33-51(49-26-11-12-27-50(49)54)56-48-25-9-7-20-44(48)37-55-47-24-8-6-18-40(47)31-32-52(55)56/h1-37H. The zero-order valence-electron chi connectivity index (χ0n) is 33.7. The van der Waals surface area contributed by atoms with Gasteiger partial charge in [-0.25, -0.2) is 15.0 Å². The molecule has 288 valence electrons. The van der Waals surface area contributed by atoms with Crippen LogP contribution < -0.4 is 0 Å². The van der Waals surface area contributed by atoms with Crippen molar-refractivity contribution in [3.8, 4) is 67.5 Å². The summed E-state index contributed by atoms with van der Waals surface area (Å²) in [5, 5.41) is 12.1. The zero-order valence-corrected chi connectivity index (χ0v) is 33.7. The third-order valence-electron chi connectivity index (χ3n) is 12.3. The van der Waals surface area contributed by atoms with Gasteiger partial charge in [0, 0.05) is 16.7 Å². The molecule has 0 aliphatic heterocycles. The molecule has 0 atom stereocenters. The molecule has 0 unspecified atom stereocenters. The third-order valence-corrected chi connectivity index (χ3v) is 12.3. The van der Waals surface area contributed by atoms with Crippen LogP contribution in [0.5, 0.6) is 0 Å². The molecule has 0 radical (unpaired) electrons. The van der Waals surface area contributed by atoms with Gasteiger partial charge in [-0.3, -0.25) is 0 Å². The summed E-state index contributed by atoms with van der Waals surface area (Å²) in [5.41, 5.74) is 9.65. The highest BCUT2D eigenvalue weighted by atomic mass is 15.0. The maximum Gasteiger partial charge on any atom is 0.164 e. The minimum atomic E-state index is 0.621. The molecular weight excluding hydrogens is 751 g/mol. The summed E-state index contributed by atoms with van der Waals surface area (Å²) in [4.78, 5) is 16.0. The fourth-order valence-corrected chi connectivity index (χ4v) is 9.32. The average Bonchev–Trinajstić information content (AvgIpc) is 3.35. The smallest absolute Gasteiger partial charge is 0.164 e. The van der Waals surface area contributed by atoms with E-state index in [0.717, 1.165) is 49.7 Å². The first-order chi connectivity index (χ1) is 30.7. The molecule has 0 bridgehead atoms. The lowest BCUT2D eigenvalue weighted by molar-refractivity contribution is 1.08. The van der Waals surface area contributed by atoms with Gasteiger partial charge < -0.3 is 0 Å². The van der Waals surface area contributed by atoms with Crippen molar-refractivity contribution in [2.24, 2.45) is 0 Å². The quantitative estimate of drug-likeness (QED) is 0.124. The number of nitrogens with zero attached hydrogens (tertiary/aromatic N) is 3. The van der Waals surface area contributed by atoms with E-state index in [0.29, 0.717) is 17.5 Å². The number of rotatable bonds is 6. The summed E-state index contributed by atoms with van der Waals surface area (Å²) in [6.45, 7) is 0. The molecule has 12 aromatic rings. The summed E-state index contributed by atoms with van der Waals surface area (Å²) in [7, 11) is 0. The van der Waals surface area contributed by atoms with Crippen LogP contribution in [0.1, 0.15) is 0 Å². The largest absolute Gasteiger partial charge is 0.208 e. The average molecular weight is 788 g/mol. The van der Waals surface area contributed by atoms with Crippen molar-refractivity contribution in [1.29, 1.82) is 0 Å². The molecule has 0 spiro atoms. The van der Waals surface area contributed by atoms with Gasteiger partial charge in [0.2, 0.25) is 0 Å². The van der Waals surface area contributed by atoms with Gasteiger partial charge in [-0.1, -0.05) is 200 Å². The lowest BCUT2D eigenvalue weighted by Crippen LogP contribution is -2.02. The van der Waals surface area contributed by atoms with Gasteiger partial charge in [-0.2, -0.15) is 0 Å². The van der Waals surface area contributed by atoms with E-state index in [-0.39, 0.29) is 0 Å². The highest BCUT2D eigenvalue weighted by Crippen LogP contribution is 2.44. The van der Waals surface area contributed by atoms with Crippen molar-refractivity contribution in [2.45, 2.75) is 0 Å². The Hall–Kier alpha value is -8.27. The maximum absolute atomic E-state index is 5.36. The van der Waals surface area contributed by atoms with Crippen LogP contribution in [-0.4, -0.2) is 15.0 Å². The molecular formula is C59H37N3. The minimum Gasteiger partial charge on any atom is -0.208 e. The number of aromatic nitrogens is 3. The number of hydrogen-bond acceptors (Lipinski definition) is 3. The van der Waals surface area contributed by atoms with E-state index in [9.17, 15) is 0 Å². The van der Waals surface area contributed by atoms with Crippen LogP contribution >= 0.6 is 0 Å². The van der Waals surface area contributed by atoms with Crippen molar-refractivity contribution in [3.63, 3.8) is 0 Å². The second kappa shape index (κ2) is 14.8. The highest BCUT2D eigenvalue weighted by Gasteiger charge is 2.20. The van der Waals surface area contributed by atoms with Crippen molar-refractivity contribution < 1.29 is 0 Å². The first kappa shape index (κ1) is 35.7. The van der Waals surface area contributed by atoms with Crippen LogP contribution in [0.15, 0.2) is 224 Å². The Kier molecular flexibility index (Phi) is 8.50. The molecule has 0 saturated carbocycles. The van der Waals surface area contributed by atoms with E-state index >= 15 is 0 Å². The first-order valence-electron chi connectivity index (χ1n) is 21.1. The Bertz CT molecular complexity index is 3700. The van der Waals surface area contributed by atoms with Crippen LogP contribution in [-0.2, 0) is 0 Å². The molecule has 12 rings (SSSR count). The predicted octanol–water partition coefficient (Wildman–Crippen LogP) is 15.6. The predicted molar refractivity (Wildman–Crippen MR) is 260 cm³/mol. The summed E-state index contributed by atoms with van der Waals surface area (Å²) in [6.07, 6.45) is 0. The Labute approximate surface area is 359 Å². The summed E-state index contributed by atoms with van der Waals surface area (Å²) < 4.78 is 0. The number of fused-ring (bicyclic) bond motifs is 6. The van der Waals surface area contributed by atoms with Crippen LogP contribution in [0.4, 0.5) is 0 Å². The van der Waals surface area contributed by atoms with Crippen LogP contribution in [0.2, 0.25) is 0 Å². The Morgan fingerprint density at radius 3 is 1.58 bits per heavy atom. The summed E-state index contributed by atoms with van der Waals surface area (Å²) in [6, 6.07) is 80.1. The summed E-state index contributed by atoms with van der Waals surface area (Å²) in [5.74, 6) is 1.87. The lowest BCUT2D eigenvalue weighted by atomic mass is 9.87. The summed E-state index contributed by atoms with van der Waals surface area (Å²) >= 11 is 0. The van der Waals surface area contributed by atoms with E-state index < -0.39 is 0 Å². The zero-order chi connectivity index (χ0) is 41.0. The van der Waals surface area contributed by atoms with Crippen LogP contribution in [0, 0.1) is 0 Å². The van der Waals surface area contributed by atoms with Gasteiger partial charge in [0.1, 0.15) is 0 Å². The van der Waals surface area contributed by atoms with E-state index in [1.807, 2.05) is 6.07 Å². The number of benzene rings is 11. The van der Waals surface area contributed by atoms with Crippen LogP contribution in [0.3, 0.4) is 0 Å². The van der Waals surface area contributed by atoms with Gasteiger partial charge in [0.05, 0.1) is 0 Å². The Morgan fingerprint density at radius 2 is 0.758 bits per heavy atom. The molecule has 0 N–H and O–H groups in total. The second-order valence-electron chi connectivity index (χ2n) is 15.9. The van der Waals surface area contributed by atoms with Gasteiger partial charge in [-0.15, -0.1) is 0 Å². The Morgan fingerprint density at radius 1 is 0.210 bits per heavy atom. The van der Waals surface area contributed by atoms with E-state index in [1.54, 1.807) is 0 Å². The topological polar surface area (TPSA) is 38.7 Å². The molecule has 3 heteroatoms. The van der Waals surface area contributed by atoms with Crippen molar-refractivity contribution in [2.75, 3.05) is 0 Å². The lowest BCUT2D eigenvalue weighted by Gasteiger charge is -2.17. The van der Waals surface area contributed by atoms with E-state index in [1.165, 1.54) is 54.2 Å². The van der Waals surface area contributed by atoms with E-state index in [2.05, 4.69) is 218 Å². The molecule has 0 fully saturated rings. The monoisotopic (exact) mass is 787 g/mol. The maximum atomic E-state index is 5.36. The van der Waals surface area contributed by atoms with Gasteiger partial charge >= 0.3 is 0 Å². The molecule has 0 aliphatic carbocycles.